The second-order valence-corrected chi connectivity index (χ2v) is 8.53. The Labute approximate surface area is 184 Å². The summed E-state index contributed by atoms with van der Waals surface area (Å²) in [5.41, 5.74) is 2.32. The minimum absolute atomic E-state index is 0.178. The van der Waals surface area contributed by atoms with Crippen molar-refractivity contribution >= 4 is 5.96 Å². The predicted molar refractivity (Wildman–Crippen MR) is 123 cm³/mol. The fraction of sp³-hybridized carbons (Fsp3) is 0.480. The zero-order chi connectivity index (χ0) is 21.5. The monoisotopic (exact) mass is 424 g/mol. The van der Waals surface area contributed by atoms with Crippen LogP contribution in [0, 0.1) is 5.82 Å². The molecule has 1 saturated heterocycles. The molecule has 5 nitrogen and oxygen atoms in total. The maximum absolute atomic E-state index is 13.1. The van der Waals surface area contributed by atoms with E-state index in [4.69, 9.17) is 4.74 Å². The van der Waals surface area contributed by atoms with Crippen molar-refractivity contribution in [1.29, 1.82) is 0 Å². The van der Waals surface area contributed by atoms with Crippen LogP contribution < -0.4 is 15.4 Å². The lowest BCUT2D eigenvalue weighted by atomic mass is 9.96. The van der Waals surface area contributed by atoms with Gasteiger partial charge < -0.3 is 15.4 Å². The molecule has 0 atom stereocenters. The molecule has 2 fully saturated rings. The second-order valence-electron chi connectivity index (χ2n) is 8.53. The molecule has 0 aromatic heterocycles. The number of nitrogens with one attached hydrogen (secondary N) is 2. The molecule has 2 aromatic rings. The molecule has 1 aliphatic carbocycles. The summed E-state index contributed by atoms with van der Waals surface area (Å²) in [5.74, 6) is 1.63. The Hall–Kier alpha value is -2.60. The van der Waals surface area contributed by atoms with E-state index in [9.17, 15) is 4.39 Å². The van der Waals surface area contributed by atoms with Gasteiger partial charge in [0.05, 0.1) is 6.10 Å². The van der Waals surface area contributed by atoms with E-state index in [2.05, 4.69) is 38.7 Å². The molecular formula is C25H33FN4O. The van der Waals surface area contributed by atoms with E-state index in [0.29, 0.717) is 18.7 Å². The number of benzene rings is 2. The first-order valence-corrected chi connectivity index (χ1v) is 11.4. The number of halogens is 1. The summed E-state index contributed by atoms with van der Waals surface area (Å²) in [6, 6.07) is 15.5. The molecule has 1 aliphatic heterocycles. The third-order valence-corrected chi connectivity index (χ3v) is 6.24. The van der Waals surface area contributed by atoms with Crippen molar-refractivity contribution in [3.05, 3.63) is 65.5 Å². The zero-order valence-electron chi connectivity index (χ0n) is 18.3. The molecule has 31 heavy (non-hydrogen) atoms. The Morgan fingerprint density at radius 1 is 1.06 bits per heavy atom. The Kier molecular flexibility index (Phi) is 7.41. The lowest BCUT2D eigenvalue weighted by molar-refractivity contribution is 0.119. The van der Waals surface area contributed by atoms with E-state index in [1.165, 1.54) is 18.6 Å². The number of likely N-dealkylation sites (tertiary alicyclic amines) is 1. The standard InChI is InChI=1S/C25H33FN4O/c1-27-25(28-17-20-5-2-3-8-24(20)31-23-6-4-7-23)29-22-13-15-30(16-14-22)18-19-9-11-21(26)12-10-19/h2-3,5,8-12,22-23H,4,6-7,13-18H2,1H3,(H2,27,28,29). The maximum Gasteiger partial charge on any atom is 0.191 e. The van der Waals surface area contributed by atoms with E-state index < -0.39 is 0 Å². The fourth-order valence-electron chi connectivity index (χ4n) is 4.08. The van der Waals surface area contributed by atoms with Crippen LogP contribution in [0.4, 0.5) is 4.39 Å². The molecule has 6 heteroatoms. The van der Waals surface area contributed by atoms with Crippen molar-refractivity contribution in [2.45, 2.75) is 57.3 Å². The minimum Gasteiger partial charge on any atom is -0.490 e. The fourth-order valence-corrected chi connectivity index (χ4v) is 4.08. The first kappa shape index (κ1) is 21.6. The molecule has 0 radical (unpaired) electrons. The second kappa shape index (κ2) is 10.6. The van der Waals surface area contributed by atoms with Gasteiger partial charge in [-0.3, -0.25) is 9.89 Å². The van der Waals surface area contributed by atoms with Gasteiger partial charge >= 0.3 is 0 Å². The molecule has 0 spiro atoms. The van der Waals surface area contributed by atoms with Gasteiger partial charge in [0.1, 0.15) is 11.6 Å². The summed E-state index contributed by atoms with van der Waals surface area (Å²) in [6.45, 7) is 3.60. The maximum atomic E-state index is 13.1. The predicted octanol–water partition coefficient (Wildman–Crippen LogP) is 4.09. The van der Waals surface area contributed by atoms with Gasteiger partial charge in [-0.15, -0.1) is 0 Å². The largest absolute Gasteiger partial charge is 0.490 e. The average Bonchev–Trinajstić information content (AvgIpc) is 2.77. The third kappa shape index (κ3) is 6.20. The van der Waals surface area contributed by atoms with Gasteiger partial charge in [0.2, 0.25) is 0 Å². The van der Waals surface area contributed by atoms with Crippen LogP contribution >= 0.6 is 0 Å². The molecule has 0 unspecified atom stereocenters. The normalized spacial score (nSPS) is 18.5. The first-order valence-electron chi connectivity index (χ1n) is 11.4. The van der Waals surface area contributed by atoms with Crippen LogP contribution in [0.15, 0.2) is 53.5 Å². The molecule has 1 heterocycles. The van der Waals surface area contributed by atoms with Crippen LogP contribution in [0.25, 0.3) is 0 Å². The Morgan fingerprint density at radius 2 is 1.81 bits per heavy atom. The van der Waals surface area contributed by atoms with Crippen LogP contribution in [-0.2, 0) is 13.1 Å². The number of piperidine rings is 1. The zero-order valence-corrected chi connectivity index (χ0v) is 18.3. The SMILES string of the molecule is CN=C(NCc1ccccc1OC1CCC1)NC1CCN(Cc2ccc(F)cc2)CC1. The topological polar surface area (TPSA) is 48.9 Å². The van der Waals surface area contributed by atoms with E-state index in [0.717, 1.165) is 68.2 Å². The quantitative estimate of drug-likeness (QED) is 0.519. The van der Waals surface area contributed by atoms with Crippen LogP contribution in [0.3, 0.4) is 0 Å². The van der Waals surface area contributed by atoms with E-state index >= 15 is 0 Å². The summed E-state index contributed by atoms with van der Waals surface area (Å²) in [7, 11) is 1.82. The highest BCUT2D eigenvalue weighted by Crippen LogP contribution is 2.27. The average molecular weight is 425 g/mol. The summed E-state index contributed by atoms with van der Waals surface area (Å²) >= 11 is 0. The van der Waals surface area contributed by atoms with Gasteiger partial charge in [0, 0.05) is 44.8 Å². The highest BCUT2D eigenvalue weighted by Gasteiger charge is 2.21. The Balaban J connectivity index is 1.22. The summed E-state index contributed by atoms with van der Waals surface area (Å²) in [4.78, 5) is 6.84. The number of nitrogens with zero attached hydrogens (tertiary/aromatic N) is 2. The van der Waals surface area contributed by atoms with Gasteiger partial charge in [-0.2, -0.15) is 0 Å². The molecule has 2 aliphatic rings. The van der Waals surface area contributed by atoms with Crippen molar-refractivity contribution in [2.24, 2.45) is 4.99 Å². The van der Waals surface area contributed by atoms with E-state index in [1.807, 2.05) is 25.2 Å². The summed E-state index contributed by atoms with van der Waals surface area (Å²) in [5, 5.41) is 7.02. The van der Waals surface area contributed by atoms with Crippen molar-refractivity contribution in [3.63, 3.8) is 0 Å². The number of rotatable bonds is 7. The van der Waals surface area contributed by atoms with Crippen molar-refractivity contribution < 1.29 is 9.13 Å². The van der Waals surface area contributed by atoms with Gasteiger partial charge in [-0.05, 0) is 55.9 Å². The molecule has 0 bridgehead atoms. The number of aliphatic imine (C=N–C) groups is 1. The first-order chi connectivity index (χ1) is 15.2. The smallest absolute Gasteiger partial charge is 0.191 e. The number of ether oxygens (including phenoxy) is 1. The van der Waals surface area contributed by atoms with Crippen LogP contribution in [0.2, 0.25) is 0 Å². The van der Waals surface area contributed by atoms with Gasteiger partial charge in [-0.25, -0.2) is 4.39 Å². The van der Waals surface area contributed by atoms with Gasteiger partial charge in [-0.1, -0.05) is 30.3 Å². The van der Waals surface area contributed by atoms with Crippen molar-refractivity contribution in [3.8, 4) is 5.75 Å². The van der Waals surface area contributed by atoms with E-state index in [-0.39, 0.29) is 5.82 Å². The van der Waals surface area contributed by atoms with Crippen molar-refractivity contribution in [2.75, 3.05) is 20.1 Å². The molecule has 2 aromatic carbocycles. The highest BCUT2D eigenvalue weighted by molar-refractivity contribution is 5.80. The van der Waals surface area contributed by atoms with Crippen LogP contribution in [0.1, 0.15) is 43.2 Å². The van der Waals surface area contributed by atoms with Crippen LogP contribution in [0.5, 0.6) is 5.75 Å². The molecular weight excluding hydrogens is 391 g/mol. The Morgan fingerprint density at radius 3 is 2.48 bits per heavy atom. The lowest BCUT2D eigenvalue weighted by Crippen LogP contribution is -2.48. The van der Waals surface area contributed by atoms with E-state index in [1.54, 1.807) is 0 Å². The summed E-state index contributed by atoms with van der Waals surface area (Å²) < 4.78 is 19.2. The molecule has 4 rings (SSSR count). The number of hydrogen-bond donors (Lipinski definition) is 2. The lowest BCUT2D eigenvalue weighted by Gasteiger charge is -2.33. The highest BCUT2D eigenvalue weighted by atomic mass is 19.1. The molecule has 1 saturated carbocycles. The minimum atomic E-state index is -0.178. The van der Waals surface area contributed by atoms with Crippen molar-refractivity contribution in [1.82, 2.24) is 15.5 Å². The van der Waals surface area contributed by atoms with Gasteiger partial charge in [0.15, 0.2) is 5.96 Å². The number of guanidine groups is 1. The number of para-hydroxylation sites is 1. The Bertz CT molecular complexity index is 858. The third-order valence-electron chi connectivity index (χ3n) is 6.24. The van der Waals surface area contributed by atoms with Crippen LogP contribution in [-0.4, -0.2) is 43.1 Å². The van der Waals surface area contributed by atoms with Gasteiger partial charge in [0.25, 0.3) is 0 Å². The molecule has 0 amide bonds. The summed E-state index contributed by atoms with van der Waals surface area (Å²) in [6.07, 6.45) is 6.07. The molecule has 2 N–H and O–H groups in total. The molecule has 166 valence electrons. The number of hydrogen-bond acceptors (Lipinski definition) is 3.